The van der Waals surface area contributed by atoms with Crippen LogP contribution in [0.5, 0.6) is 0 Å². The molecule has 3 fully saturated rings. The number of likely N-dealkylation sites (tertiary alicyclic amines) is 1. The van der Waals surface area contributed by atoms with Gasteiger partial charge in [-0.05, 0) is 31.6 Å². The van der Waals surface area contributed by atoms with Gasteiger partial charge < -0.3 is 9.80 Å². The highest BCUT2D eigenvalue weighted by molar-refractivity contribution is 6.06. The van der Waals surface area contributed by atoms with E-state index in [2.05, 4.69) is 18.7 Å². The van der Waals surface area contributed by atoms with E-state index in [0.29, 0.717) is 18.5 Å². The van der Waals surface area contributed by atoms with Crippen molar-refractivity contribution < 1.29 is 9.59 Å². The molecule has 2 heterocycles. The Hall–Kier alpha value is -1.10. The van der Waals surface area contributed by atoms with Crippen molar-refractivity contribution in [2.24, 2.45) is 5.92 Å². The van der Waals surface area contributed by atoms with Gasteiger partial charge in [-0.1, -0.05) is 26.7 Å². The Morgan fingerprint density at radius 2 is 1.73 bits per heavy atom. The minimum atomic E-state index is -0.564. The minimum Gasteiger partial charge on any atom is -0.309 e. The molecule has 1 aliphatic carbocycles. The number of likely N-dealkylation sites (N-methyl/N-ethyl adjacent to an activating group) is 1. The van der Waals surface area contributed by atoms with E-state index in [-0.39, 0.29) is 11.9 Å². The summed E-state index contributed by atoms with van der Waals surface area (Å²) in [5.74, 6) is 0.400. The van der Waals surface area contributed by atoms with Crippen LogP contribution in [0.2, 0.25) is 0 Å². The van der Waals surface area contributed by atoms with Gasteiger partial charge in [0.1, 0.15) is 5.54 Å². The summed E-state index contributed by atoms with van der Waals surface area (Å²) in [5, 5.41) is 0. The number of carbonyl (C=O) groups excluding carboxylic acids is 2. The maximum Gasteiger partial charge on any atom is 0.327 e. The van der Waals surface area contributed by atoms with Gasteiger partial charge in [0.25, 0.3) is 5.91 Å². The molecule has 0 atom stereocenters. The second-order valence-electron chi connectivity index (χ2n) is 7.66. The lowest BCUT2D eigenvalue weighted by Crippen LogP contribution is -2.58. The Kier molecular flexibility index (Phi) is 4.19. The van der Waals surface area contributed by atoms with Gasteiger partial charge in [0.15, 0.2) is 0 Å². The predicted molar refractivity (Wildman–Crippen MR) is 85.5 cm³/mol. The summed E-state index contributed by atoms with van der Waals surface area (Å²) in [7, 11) is 1.64. The van der Waals surface area contributed by atoms with Crippen LogP contribution in [0.3, 0.4) is 0 Å². The van der Waals surface area contributed by atoms with Crippen LogP contribution in [-0.4, -0.2) is 64.9 Å². The zero-order valence-electron chi connectivity index (χ0n) is 14.2. The van der Waals surface area contributed by atoms with Gasteiger partial charge in [0.2, 0.25) is 0 Å². The number of imide groups is 1. The fraction of sp³-hybridized carbons (Fsp3) is 0.882. The molecule has 0 radical (unpaired) electrons. The standard InChI is InChI=1S/C17H29N3O2/c1-13(2)12-20-16(22)18(3)15(21)17(20)8-10-19(11-9-17)14-6-4-5-7-14/h13-14H,4-12H2,1-3H3. The SMILES string of the molecule is CC(C)CN1C(=O)N(C)C(=O)C12CCN(C1CCCC1)CC2. The van der Waals surface area contributed by atoms with Gasteiger partial charge in [0.05, 0.1) is 0 Å². The van der Waals surface area contributed by atoms with Crippen LogP contribution in [0.1, 0.15) is 52.4 Å². The van der Waals surface area contributed by atoms with Crippen molar-refractivity contribution in [2.45, 2.75) is 64.0 Å². The third kappa shape index (κ3) is 2.43. The third-order valence-electron chi connectivity index (χ3n) is 5.75. The Bertz CT molecular complexity index is 449. The summed E-state index contributed by atoms with van der Waals surface area (Å²) in [6, 6.07) is 0.605. The molecular formula is C17H29N3O2. The topological polar surface area (TPSA) is 43.9 Å². The zero-order valence-corrected chi connectivity index (χ0v) is 14.2. The number of piperidine rings is 1. The molecule has 0 aromatic carbocycles. The van der Waals surface area contributed by atoms with Crippen molar-refractivity contribution in [3.63, 3.8) is 0 Å². The van der Waals surface area contributed by atoms with Crippen LogP contribution in [0.15, 0.2) is 0 Å². The van der Waals surface area contributed by atoms with Crippen molar-refractivity contribution in [2.75, 3.05) is 26.7 Å². The first-order valence-electron chi connectivity index (χ1n) is 8.79. The monoisotopic (exact) mass is 307 g/mol. The highest BCUT2D eigenvalue weighted by Gasteiger charge is 2.57. The Morgan fingerprint density at radius 3 is 2.27 bits per heavy atom. The van der Waals surface area contributed by atoms with Crippen LogP contribution < -0.4 is 0 Å². The Morgan fingerprint density at radius 1 is 1.14 bits per heavy atom. The molecule has 0 unspecified atom stereocenters. The highest BCUT2D eigenvalue weighted by Crippen LogP contribution is 2.38. The minimum absolute atomic E-state index is 0.0178. The molecule has 2 aliphatic heterocycles. The second-order valence-corrected chi connectivity index (χ2v) is 7.66. The smallest absolute Gasteiger partial charge is 0.309 e. The van der Waals surface area contributed by atoms with Crippen LogP contribution in [0.4, 0.5) is 4.79 Å². The van der Waals surface area contributed by atoms with Gasteiger partial charge >= 0.3 is 6.03 Å². The molecular weight excluding hydrogens is 278 g/mol. The lowest BCUT2D eigenvalue weighted by molar-refractivity contribution is -0.135. The highest BCUT2D eigenvalue weighted by atomic mass is 16.2. The van der Waals surface area contributed by atoms with Crippen molar-refractivity contribution in [3.8, 4) is 0 Å². The molecule has 1 saturated carbocycles. The first-order valence-corrected chi connectivity index (χ1v) is 8.79. The molecule has 124 valence electrons. The van der Waals surface area contributed by atoms with Crippen LogP contribution in [0.25, 0.3) is 0 Å². The molecule has 3 rings (SSSR count). The van der Waals surface area contributed by atoms with Crippen molar-refractivity contribution in [3.05, 3.63) is 0 Å². The molecule has 22 heavy (non-hydrogen) atoms. The fourth-order valence-electron chi connectivity index (χ4n) is 4.51. The van der Waals surface area contributed by atoms with E-state index in [4.69, 9.17) is 0 Å². The van der Waals surface area contributed by atoms with Gasteiger partial charge in [0, 0.05) is 32.7 Å². The molecule has 2 saturated heterocycles. The Labute approximate surface area is 133 Å². The number of amides is 3. The van der Waals surface area contributed by atoms with E-state index >= 15 is 0 Å². The molecule has 0 N–H and O–H groups in total. The quantitative estimate of drug-likeness (QED) is 0.752. The lowest BCUT2D eigenvalue weighted by Gasteiger charge is -2.44. The van der Waals surface area contributed by atoms with E-state index < -0.39 is 5.54 Å². The number of rotatable bonds is 3. The zero-order chi connectivity index (χ0) is 15.9. The van der Waals surface area contributed by atoms with Crippen molar-refractivity contribution in [1.82, 2.24) is 14.7 Å². The van der Waals surface area contributed by atoms with E-state index in [1.165, 1.54) is 30.6 Å². The molecule has 0 bridgehead atoms. The summed E-state index contributed by atoms with van der Waals surface area (Å²) >= 11 is 0. The normalized spacial score (nSPS) is 26.9. The van der Waals surface area contributed by atoms with Crippen LogP contribution in [-0.2, 0) is 4.79 Å². The van der Waals surface area contributed by atoms with E-state index in [1.54, 1.807) is 7.05 Å². The molecule has 1 spiro atoms. The first-order chi connectivity index (χ1) is 10.5. The summed E-state index contributed by atoms with van der Waals surface area (Å²) in [6.45, 7) is 6.80. The summed E-state index contributed by atoms with van der Waals surface area (Å²) in [5.41, 5.74) is -0.564. The maximum absolute atomic E-state index is 12.8. The maximum atomic E-state index is 12.8. The average molecular weight is 307 g/mol. The number of urea groups is 1. The third-order valence-corrected chi connectivity index (χ3v) is 5.75. The van der Waals surface area contributed by atoms with Crippen molar-refractivity contribution in [1.29, 1.82) is 0 Å². The van der Waals surface area contributed by atoms with Crippen molar-refractivity contribution >= 4 is 11.9 Å². The number of hydrogen-bond donors (Lipinski definition) is 0. The molecule has 0 aromatic rings. The number of nitrogens with zero attached hydrogens (tertiary/aromatic N) is 3. The number of carbonyl (C=O) groups is 2. The van der Waals surface area contributed by atoms with Crippen LogP contribution in [0, 0.1) is 5.92 Å². The molecule has 3 amide bonds. The predicted octanol–water partition coefficient (Wildman–Crippen LogP) is 2.31. The van der Waals surface area contributed by atoms with Crippen LogP contribution >= 0.6 is 0 Å². The van der Waals surface area contributed by atoms with Gasteiger partial charge in [-0.3, -0.25) is 9.69 Å². The van der Waals surface area contributed by atoms with E-state index in [0.717, 1.165) is 25.9 Å². The number of hydrogen-bond acceptors (Lipinski definition) is 3. The fourth-order valence-corrected chi connectivity index (χ4v) is 4.51. The lowest BCUT2D eigenvalue weighted by atomic mass is 9.84. The molecule has 0 aromatic heterocycles. The summed E-state index contributed by atoms with van der Waals surface area (Å²) in [6.07, 6.45) is 6.87. The molecule has 5 nitrogen and oxygen atoms in total. The molecule has 5 heteroatoms. The Balaban J connectivity index is 1.75. The average Bonchev–Trinajstić information content (AvgIpc) is 3.09. The van der Waals surface area contributed by atoms with Gasteiger partial charge in [-0.15, -0.1) is 0 Å². The largest absolute Gasteiger partial charge is 0.327 e. The summed E-state index contributed by atoms with van der Waals surface area (Å²) in [4.78, 5) is 31.0. The van der Waals surface area contributed by atoms with Gasteiger partial charge in [-0.2, -0.15) is 0 Å². The van der Waals surface area contributed by atoms with Gasteiger partial charge in [-0.25, -0.2) is 4.79 Å². The van der Waals surface area contributed by atoms with E-state index in [1.807, 2.05) is 4.90 Å². The van der Waals surface area contributed by atoms with E-state index in [9.17, 15) is 9.59 Å². The molecule has 3 aliphatic rings. The summed E-state index contributed by atoms with van der Waals surface area (Å²) < 4.78 is 0. The first kappa shape index (κ1) is 15.8. The second kappa shape index (κ2) is 5.84.